The molecule has 3 aromatic rings. The molecule has 28 heavy (non-hydrogen) atoms. The summed E-state index contributed by atoms with van der Waals surface area (Å²) in [4.78, 5) is 4.33. The van der Waals surface area contributed by atoms with Gasteiger partial charge in [0, 0.05) is 34.4 Å². The molecule has 1 heterocycles. The van der Waals surface area contributed by atoms with Gasteiger partial charge in [0.15, 0.2) is 0 Å². The summed E-state index contributed by atoms with van der Waals surface area (Å²) in [7, 11) is 0. The molecule has 4 nitrogen and oxygen atoms in total. The van der Waals surface area contributed by atoms with E-state index in [1.54, 1.807) is 30.5 Å². The Bertz CT molecular complexity index is 953. The summed E-state index contributed by atoms with van der Waals surface area (Å²) < 4.78 is 13.6. The van der Waals surface area contributed by atoms with Crippen molar-refractivity contribution in [1.82, 2.24) is 9.55 Å². The highest BCUT2D eigenvalue weighted by molar-refractivity contribution is 6.35. The van der Waals surface area contributed by atoms with Gasteiger partial charge in [0.05, 0.1) is 11.2 Å². The first-order valence-corrected chi connectivity index (χ1v) is 9.90. The topological polar surface area (TPSA) is 36.3 Å². The Balaban J connectivity index is 1.75. The molecule has 0 spiro atoms. The number of halogens is 3. The Hall–Kier alpha value is -2.14. The molecule has 0 N–H and O–H groups in total. The van der Waals surface area contributed by atoms with E-state index in [4.69, 9.17) is 44.3 Å². The van der Waals surface area contributed by atoms with Crippen molar-refractivity contribution in [3.05, 3.63) is 81.3 Å². The minimum atomic E-state index is 0.337. The van der Waals surface area contributed by atoms with Crippen LogP contribution in [-0.2, 0) is 11.2 Å². The fraction of sp³-hybridized carbons (Fsp3) is 0.190. The van der Waals surface area contributed by atoms with E-state index in [1.165, 1.54) is 0 Å². The monoisotopic (exact) mass is 436 g/mol. The molecule has 0 unspecified atom stereocenters. The van der Waals surface area contributed by atoms with Crippen LogP contribution in [-0.4, -0.2) is 22.8 Å². The van der Waals surface area contributed by atoms with Crippen LogP contribution in [0.15, 0.2) is 54.9 Å². The van der Waals surface area contributed by atoms with Crippen LogP contribution >= 0.6 is 34.8 Å². The third-order valence-electron chi connectivity index (χ3n) is 3.94. The minimum absolute atomic E-state index is 0.337. The average Bonchev–Trinajstić information content (AvgIpc) is 3.13. The molecule has 0 atom stereocenters. The van der Waals surface area contributed by atoms with Crippen molar-refractivity contribution >= 4 is 46.8 Å². The predicted octanol–water partition coefficient (Wildman–Crippen LogP) is 6.46. The summed E-state index contributed by atoms with van der Waals surface area (Å²) >= 11 is 18.3. The third-order valence-corrected chi connectivity index (χ3v) is 4.74. The quantitative estimate of drug-likeness (QED) is 0.300. The molecule has 2 aromatic carbocycles. The van der Waals surface area contributed by atoms with Gasteiger partial charge in [-0.15, -0.1) is 0 Å². The lowest BCUT2D eigenvalue weighted by Crippen LogP contribution is -2.07. The molecule has 1 aromatic heterocycles. The molecule has 0 amide bonds. The number of rotatable bonds is 8. The third kappa shape index (κ3) is 5.44. The van der Waals surface area contributed by atoms with Gasteiger partial charge in [0.1, 0.15) is 30.5 Å². The second-order valence-corrected chi connectivity index (χ2v) is 7.15. The van der Waals surface area contributed by atoms with Crippen LogP contribution in [0.2, 0.25) is 15.1 Å². The summed E-state index contributed by atoms with van der Waals surface area (Å²) in [5.41, 5.74) is 0.744. The lowest BCUT2D eigenvalue weighted by atomic mass is 10.2. The molecule has 146 valence electrons. The molecular weight excluding hydrogens is 419 g/mol. The normalized spacial score (nSPS) is 11.5. The van der Waals surface area contributed by atoms with Gasteiger partial charge in [-0.3, -0.25) is 0 Å². The van der Waals surface area contributed by atoms with Crippen LogP contribution in [0.25, 0.3) is 12.0 Å². The standard InChI is InChI=1S/C21H19Cl3N2O2/c1-2-21-25-9-10-26(21)14-20(18-8-5-16(23)13-19(18)24)28-12-11-27-17-6-3-15(22)4-7-17/h3-10,13-14H,2,11-12H2,1H3/b20-14+. The van der Waals surface area contributed by atoms with Crippen LogP contribution in [0.3, 0.4) is 0 Å². The number of hydrogen-bond donors (Lipinski definition) is 0. The first-order valence-electron chi connectivity index (χ1n) is 8.77. The van der Waals surface area contributed by atoms with E-state index in [0.717, 1.165) is 23.6 Å². The minimum Gasteiger partial charge on any atom is -0.490 e. The van der Waals surface area contributed by atoms with Crippen LogP contribution in [0.4, 0.5) is 0 Å². The van der Waals surface area contributed by atoms with Gasteiger partial charge in [0.2, 0.25) is 0 Å². The smallest absolute Gasteiger partial charge is 0.144 e. The van der Waals surface area contributed by atoms with Crippen molar-refractivity contribution in [3.8, 4) is 5.75 Å². The maximum atomic E-state index is 6.39. The van der Waals surface area contributed by atoms with E-state index >= 15 is 0 Å². The summed E-state index contributed by atoms with van der Waals surface area (Å²) in [5, 5.41) is 1.74. The van der Waals surface area contributed by atoms with E-state index in [-0.39, 0.29) is 0 Å². The summed E-state index contributed by atoms with van der Waals surface area (Å²) in [6.07, 6.45) is 6.28. The number of nitrogens with zero attached hydrogens (tertiary/aromatic N) is 2. The molecular formula is C21H19Cl3N2O2. The van der Waals surface area contributed by atoms with Gasteiger partial charge in [-0.25, -0.2) is 4.98 Å². The van der Waals surface area contributed by atoms with Crippen molar-refractivity contribution in [2.45, 2.75) is 13.3 Å². The van der Waals surface area contributed by atoms with Crippen LogP contribution in [0.5, 0.6) is 5.75 Å². The van der Waals surface area contributed by atoms with Crippen molar-refractivity contribution in [2.75, 3.05) is 13.2 Å². The number of imidazole rings is 1. The predicted molar refractivity (Wildman–Crippen MR) is 115 cm³/mol. The maximum absolute atomic E-state index is 6.39. The first-order chi connectivity index (χ1) is 13.6. The molecule has 0 radical (unpaired) electrons. The molecule has 0 bridgehead atoms. The molecule has 3 rings (SSSR count). The molecule has 0 aliphatic heterocycles. The van der Waals surface area contributed by atoms with Crippen LogP contribution in [0, 0.1) is 0 Å². The second-order valence-electron chi connectivity index (χ2n) is 5.87. The fourth-order valence-electron chi connectivity index (χ4n) is 2.58. The number of aryl methyl sites for hydroxylation is 1. The number of benzene rings is 2. The summed E-state index contributed by atoms with van der Waals surface area (Å²) in [6.45, 7) is 2.75. The molecule has 0 saturated heterocycles. The molecule has 7 heteroatoms. The molecule has 0 fully saturated rings. The fourth-order valence-corrected chi connectivity index (χ4v) is 3.21. The second kappa shape index (κ2) is 9.87. The van der Waals surface area contributed by atoms with Crippen LogP contribution in [0.1, 0.15) is 18.3 Å². The van der Waals surface area contributed by atoms with Crippen LogP contribution < -0.4 is 4.74 Å². The van der Waals surface area contributed by atoms with Crippen molar-refractivity contribution in [1.29, 1.82) is 0 Å². The van der Waals surface area contributed by atoms with Gasteiger partial charge in [0.25, 0.3) is 0 Å². The van der Waals surface area contributed by atoms with E-state index in [2.05, 4.69) is 4.98 Å². The summed E-state index contributed by atoms with van der Waals surface area (Å²) in [5.74, 6) is 2.25. The highest BCUT2D eigenvalue weighted by atomic mass is 35.5. The lowest BCUT2D eigenvalue weighted by Gasteiger charge is -2.14. The molecule has 0 aliphatic carbocycles. The number of aromatic nitrogens is 2. The van der Waals surface area contributed by atoms with Gasteiger partial charge < -0.3 is 14.0 Å². The van der Waals surface area contributed by atoms with Crippen molar-refractivity contribution in [2.24, 2.45) is 0 Å². The zero-order chi connectivity index (χ0) is 19.9. The summed E-state index contributed by atoms with van der Waals surface area (Å²) in [6, 6.07) is 12.5. The SMILES string of the molecule is CCc1nccn1/C=C(/OCCOc1ccc(Cl)cc1)c1ccc(Cl)cc1Cl. The Labute approximate surface area is 179 Å². The van der Waals surface area contributed by atoms with E-state index in [9.17, 15) is 0 Å². The Morgan fingerprint density at radius 1 is 1.04 bits per heavy atom. The lowest BCUT2D eigenvalue weighted by molar-refractivity contribution is 0.195. The van der Waals surface area contributed by atoms with E-state index in [1.807, 2.05) is 42.1 Å². The maximum Gasteiger partial charge on any atom is 0.144 e. The molecule has 0 aliphatic rings. The van der Waals surface area contributed by atoms with E-state index in [0.29, 0.717) is 34.0 Å². The largest absolute Gasteiger partial charge is 0.490 e. The van der Waals surface area contributed by atoms with Crippen molar-refractivity contribution < 1.29 is 9.47 Å². The zero-order valence-electron chi connectivity index (χ0n) is 15.2. The Morgan fingerprint density at radius 3 is 2.50 bits per heavy atom. The van der Waals surface area contributed by atoms with Gasteiger partial charge in [-0.1, -0.05) is 41.7 Å². The molecule has 0 saturated carbocycles. The van der Waals surface area contributed by atoms with Gasteiger partial charge in [-0.2, -0.15) is 0 Å². The average molecular weight is 438 g/mol. The van der Waals surface area contributed by atoms with Gasteiger partial charge >= 0.3 is 0 Å². The zero-order valence-corrected chi connectivity index (χ0v) is 17.5. The van der Waals surface area contributed by atoms with Gasteiger partial charge in [-0.05, 0) is 42.5 Å². The first kappa shape index (κ1) is 20.6. The Morgan fingerprint density at radius 2 is 1.79 bits per heavy atom. The highest BCUT2D eigenvalue weighted by Crippen LogP contribution is 2.28. The number of ether oxygens (including phenoxy) is 2. The van der Waals surface area contributed by atoms with Crippen molar-refractivity contribution in [3.63, 3.8) is 0 Å². The van der Waals surface area contributed by atoms with E-state index < -0.39 is 0 Å². The number of hydrogen-bond acceptors (Lipinski definition) is 3. The Kier molecular flexibility index (Phi) is 7.26. The highest BCUT2D eigenvalue weighted by Gasteiger charge is 2.11.